The van der Waals surface area contributed by atoms with E-state index in [-0.39, 0.29) is 17.0 Å². The first-order valence-corrected chi connectivity index (χ1v) is 7.57. The van der Waals surface area contributed by atoms with Crippen molar-refractivity contribution < 1.29 is 18.4 Å². The van der Waals surface area contributed by atoms with E-state index in [9.17, 15) is 23.6 Å². The standard InChI is InChI=1S/C12H18N2O5S/c1-8-4-5-11(7-12(8)14(16)17)20(18,19)13-9(2)6-10(3)15/h4-5,7,9-10,13,15H,6H2,1-3H3. The number of hydrogen-bond acceptors (Lipinski definition) is 5. The minimum Gasteiger partial charge on any atom is -0.393 e. The summed E-state index contributed by atoms with van der Waals surface area (Å²) in [4.78, 5) is 10.0. The third-order valence-corrected chi connectivity index (χ3v) is 4.33. The minimum atomic E-state index is -3.84. The number of nitro groups is 1. The van der Waals surface area contributed by atoms with Crippen molar-refractivity contribution in [3.05, 3.63) is 33.9 Å². The number of nitrogens with one attached hydrogen (secondary N) is 1. The lowest BCUT2D eigenvalue weighted by atomic mass is 10.2. The predicted molar refractivity (Wildman–Crippen MR) is 73.9 cm³/mol. The number of aliphatic hydroxyl groups is 1. The fraction of sp³-hybridized carbons (Fsp3) is 0.500. The molecule has 1 rings (SSSR count). The summed E-state index contributed by atoms with van der Waals surface area (Å²) in [7, 11) is -3.84. The van der Waals surface area contributed by atoms with Gasteiger partial charge in [-0.2, -0.15) is 0 Å². The molecule has 8 heteroatoms. The van der Waals surface area contributed by atoms with Crippen LogP contribution in [0.15, 0.2) is 23.1 Å². The average molecular weight is 302 g/mol. The first-order valence-electron chi connectivity index (χ1n) is 6.09. The van der Waals surface area contributed by atoms with E-state index in [2.05, 4.69) is 4.72 Å². The van der Waals surface area contributed by atoms with Crippen LogP contribution in [0.25, 0.3) is 0 Å². The molecule has 2 atom stereocenters. The first kappa shape index (κ1) is 16.5. The molecule has 0 aliphatic rings. The Morgan fingerprint density at radius 1 is 1.40 bits per heavy atom. The van der Waals surface area contributed by atoms with Crippen LogP contribution < -0.4 is 4.72 Å². The highest BCUT2D eigenvalue weighted by molar-refractivity contribution is 7.89. The molecule has 0 aromatic heterocycles. The molecule has 0 aliphatic carbocycles. The largest absolute Gasteiger partial charge is 0.393 e. The molecule has 0 radical (unpaired) electrons. The number of benzene rings is 1. The van der Waals surface area contributed by atoms with Crippen LogP contribution in [-0.2, 0) is 10.0 Å². The normalized spacial score (nSPS) is 14.8. The van der Waals surface area contributed by atoms with Crippen molar-refractivity contribution in [2.75, 3.05) is 0 Å². The molecular weight excluding hydrogens is 284 g/mol. The van der Waals surface area contributed by atoms with Gasteiger partial charge < -0.3 is 5.11 Å². The Balaban J connectivity index is 3.04. The Labute approximate surface area is 117 Å². The van der Waals surface area contributed by atoms with E-state index in [0.717, 1.165) is 6.07 Å². The van der Waals surface area contributed by atoms with Crippen molar-refractivity contribution in [3.63, 3.8) is 0 Å². The van der Waals surface area contributed by atoms with Crippen LogP contribution >= 0.6 is 0 Å². The Hall–Kier alpha value is -1.51. The molecule has 112 valence electrons. The summed E-state index contributed by atoms with van der Waals surface area (Å²) in [6.45, 7) is 4.71. The van der Waals surface area contributed by atoms with E-state index in [1.54, 1.807) is 13.8 Å². The summed E-state index contributed by atoms with van der Waals surface area (Å²) in [6, 6.07) is 3.28. The SMILES string of the molecule is Cc1ccc(S(=O)(=O)NC(C)CC(C)O)cc1[N+](=O)[O-]. The van der Waals surface area contributed by atoms with Gasteiger partial charge in [-0.1, -0.05) is 6.07 Å². The van der Waals surface area contributed by atoms with E-state index >= 15 is 0 Å². The smallest absolute Gasteiger partial charge is 0.273 e. The van der Waals surface area contributed by atoms with Gasteiger partial charge in [-0.3, -0.25) is 10.1 Å². The molecule has 7 nitrogen and oxygen atoms in total. The molecule has 1 aromatic rings. The molecule has 0 amide bonds. The summed E-state index contributed by atoms with van der Waals surface area (Å²) >= 11 is 0. The van der Waals surface area contributed by atoms with Crippen LogP contribution in [-0.4, -0.2) is 30.6 Å². The Morgan fingerprint density at radius 2 is 2.00 bits per heavy atom. The molecule has 2 unspecified atom stereocenters. The minimum absolute atomic E-state index is 0.160. The lowest BCUT2D eigenvalue weighted by Crippen LogP contribution is -2.34. The maximum absolute atomic E-state index is 12.1. The van der Waals surface area contributed by atoms with Gasteiger partial charge in [-0.15, -0.1) is 0 Å². The predicted octanol–water partition coefficient (Wildman–Crippen LogP) is 1.34. The number of nitro benzene ring substituents is 1. The van der Waals surface area contributed by atoms with E-state index in [0.29, 0.717) is 5.56 Å². The second kappa shape index (κ2) is 6.29. The van der Waals surface area contributed by atoms with E-state index in [1.165, 1.54) is 19.1 Å². The van der Waals surface area contributed by atoms with Gasteiger partial charge in [-0.05, 0) is 33.3 Å². The van der Waals surface area contributed by atoms with Crippen LogP contribution in [0.4, 0.5) is 5.69 Å². The second-order valence-electron chi connectivity index (χ2n) is 4.81. The Bertz CT molecular complexity index is 598. The number of aryl methyl sites for hydroxylation is 1. The van der Waals surface area contributed by atoms with E-state index in [1.807, 2.05) is 0 Å². The molecule has 0 fully saturated rings. The lowest BCUT2D eigenvalue weighted by Gasteiger charge is -2.15. The van der Waals surface area contributed by atoms with Gasteiger partial charge >= 0.3 is 0 Å². The zero-order chi connectivity index (χ0) is 15.5. The molecule has 1 aromatic carbocycles. The third kappa shape index (κ3) is 4.26. The highest BCUT2D eigenvalue weighted by Gasteiger charge is 2.22. The summed E-state index contributed by atoms with van der Waals surface area (Å²) in [6.07, 6.45) is -0.382. The Morgan fingerprint density at radius 3 is 2.50 bits per heavy atom. The van der Waals surface area contributed by atoms with Gasteiger partial charge in [0.05, 0.1) is 15.9 Å². The van der Waals surface area contributed by atoms with Gasteiger partial charge in [0.1, 0.15) is 0 Å². The van der Waals surface area contributed by atoms with Crippen molar-refractivity contribution in [2.45, 2.75) is 44.2 Å². The van der Waals surface area contributed by atoms with E-state index < -0.39 is 27.1 Å². The van der Waals surface area contributed by atoms with Gasteiger partial charge in [0.15, 0.2) is 0 Å². The maximum atomic E-state index is 12.1. The van der Waals surface area contributed by atoms with Gasteiger partial charge in [0.25, 0.3) is 5.69 Å². The highest BCUT2D eigenvalue weighted by atomic mass is 32.2. The maximum Gasteiger partial charge on any atom is 0.273 e. The third-order valence-electron chi connectivity index (χ3n) is 2.74. The molecular formula is C12H18N2O5S. The van der Waals surface area contributed by atoms with Crippen molar-refractivity contribution in [1.29, 1.82) is 0 Å². The highest BCUT2D eigenvalue weighted by Crippen LogP contribution is 2.22. The number of sulfonamides is 1. The van der Waals surface area contributed by atoms with Crippen LogP contribution in [0, 0.1) is 17.0 Å². The molecule has 20 heavy (non-hydrogen) atoms. The van der Waals surface area contributed by atoms with Crippen molar-refractivity contribution >= 4 is 15.7 Å². The molecule has 0 spiro atoms. The average Bonchev–Trinajstić information content (AvgIpc) is 2.26. The summed E-state index contributed by atoms with van der Waals surface area (Å²) in [5.74, 6) is 0. The van der Waals surface area contributed by atoms with Crippen LogP contribution in [0.2, 0.25) is 0 Å². The molecule has 0 bridgehead atoms. The number of hydrogen-bond donors (Lipinski definition) is 2. The summed E-state index contributed by atoms with van der Waals surface area (Å²) in [5.41, 5.74) is 0.155. The number of rotatable bonds is 6. The Kier molecular flexibility index (Phi) is 5.21. The van der Waals surface area contributed by atoms with Gasteiger partial charge in [0, 0.05) is 17.7 Å². The number of nitrogens with zero attached hydrogens (tertiary/aromatic N) is 1. The van der Waals surface area contributed by atoms with Crippen LogP contribution in [0.1, 0.15) is 25.8 Å². The molecule has 0 aliphatic heterocycles. The van der Waals surface area contributed by atoms with E-state index in [4.69, 9.17) is 0 Å². The van der Waals surface area contributed by atoms with Gasteiger partial charge in [0.2, 0.25) is 10.0 Å². The zero-order valence-electron chi connectivity index (χ0n) is 11.5. The van der Waals surface area contributed by atoms with Crippen molar-refractivity contribution in [1.82, 2.24) is 4.72 Å². The summed E-state index contributed by atoms with van der Waals surface area (Å²) < 4.78 is 26.6. The van der Waals surface area contributed by atoms with Crippen LogP contribution in [0.5, 0.6) is 0 Å². The fourth-order valence-electron chi connectivity index (χ4n) is 1.85. The van der Waals surface area contributed by atoms with Crippen molar-refractivity contribution in [2.24, 2.45) is 0 Å². The molecule has 2 N–H and O–H groups in total. The van der Waals surface area contributed by atoms with Crippen LogP contribution in [0.3, 0.4) is 0 Å². The zero-order valence-corrected chi connectivity index (χ0v) is 12.3. The number of aliphatic hydroxyl groups excluding tert-OH is 1. The lowest BCUT2D eigenvalue weighted by molar-refractivity contribution is -0.385. The van der Waals surface area contributed by atoms with Crippen molar-refractivity contribution in [3.8, 4) is 0 Å². The summed E-state index contributed by atoms with van der Waals surface area (Å²) in [5, 5.41) is 20.0. The van der Waals surface area contributed by atoms with Gasteiger partial charge in [-0.25, -0.2) is 13.1 Å². The quantitative estimate of drug-likeness (QED) is 0.608. The fourth-order valence-corrected chi connectivity index (χ4v) is 3.12. The monoisotopic (exact) mass is 302 g/mol. The first-order chi connectivity index (χ1) is 9.13. The molecule has 0 heterocycles. The molecule has 0 saturated carbocycles. The second-order valence-corrected chi connectivity index (χ2v) is 6.53. The molecule has 0 saturated heterocycles. The topological polar surface area (TPSA) is 110 Å².